The van der Waals surface area contributed by atoms with Gasteiger partial charge in [-0.25, -0.2) is 0 Å². The van der Waals surface area contributed by atoms with Crippen molar-refractivity contribution in [1.29, 1.82) is 0 Å². The third-order valence-corrected chi connectivity index (χ3v) is 4.57. The van der Waals surface area contributed by atoms with Crippen LogP contribution >= 0.6 is 39.7 Å². The SMILES string of the molecule is CN1CCNCC1c1noc(-c2csc(Br)c2)n1.Cl. The average molecular weight is 366 g/mol. The highest BCUT2D eigenvalue weighted by Crippen LogP contribution is 2.29. The number of nitrogens with one attached hydrogen (secondary N) is 1. The third-order valence-electron chi connectivity index (χ3n) is 3.07. The van der Waals surface area contributed by atoms with Crippen LogP contribution in [0.1, 0.15) is 11.9 Å². The largest absolute Gasteiger partial charge is 0.334 e. The molecule has 5 nitrogen and oxygen atoms in total. The summed E-state index contributed by atoms with van der Waals surface area (Å²) in [7, 11) is 2.09. The Morgan fingerprint density at radius 1 is 1.58 bits per heavy atom. The molecule has 1 fully saturated rings. The molecule has 0 aliphatic carbocycles. The number of halogens is 2. The van der Waals surface area contributed by atoms with Crippen LogP contribution in [0.4, 0.5) is 0 Å². The van der Waals surface area contributed by atoms with Gasteiger partial charge in [-0.15, -0.1) is 23.7 Å². The maximum Gasteiger partial charge on any atom is 0.258 e. The number of nitrogens with zero attached hydrogens (tertiary/aromatic N) is 3. The zero-order valence-electron chi connectivity index (χ0n) is 10.3. The van der Waals surface area contributed by atoms with Crippen LogP contribution in [-0.2, 0) is 0 Å². The quantitative estimate of drug-likeness (QED) is 0.886. The van der Waals surface area contributed by atoms with E-state index in [0.29, 0.717) is 5.89 Å². The minimum Gasteiger partial charge on any atom is -0.334 e. The van der Waals surface area contributed by atoms with Crippen molar-refractivity contribution in [3.63, 3.8) is 0 Å². The number of likely N-dealkylation sites (N-methyl/N-ethyl adjacent to an activating group) is 1. The highest BCUT2D eigenvalue weighted by atomic mass is 79.9. The molecule has 0 saturated carbocycles. The Morgan fingerprint density at radius 3 is 3.11 bits per heavy atom. The van der Waals surface area contributed by atoms with Crippen molar-refractivity contribution in [2.75, 3.05) is 26.7 Å². The van der Waals surface area contributed by atoms with Gasteiger partial charge in [0.2, 0.25) is 0 Å². The fourth-order valence-corrected chi connectivity index (χ4v) is 3.13. The Morgan fingerprint density at radius 2 is 2.42 bits per heavy atom. The summed E-state index contributed by atoms with van der Waals surface area (Å²) in [5, 5.41) is 9.45. The maximum absolute atomic E-state index is 5.34. The van der Waals surface area contributed by atoms with E-state index >= 15 is 0 Å². The van der Waals surface area contributed by atoms with E-state index in [0.717, 1.165) is 34.8 Å². The van der Waals surface area contributed by atoms with Crippen molar-refractivity contribution in [2.45, 2.75) is 6.04 Å². The highest BCUT2D eigenvalue weighted by Gasteiger charge is 2.25. The Kier molecular flexibility index (Phi) is 4.97. The molecule has 19 heavy (non-hydrogen) atoms. The summed E-state index contributed by atoms with van der Waals surface area (Å²) in [4.78, 5) is 6.74. The summed E-state index contributed by atoms with van der Waals surface area (Å²) in [6.07, 6.45) is 0. The molecule has 0 spiro atoms. The lowest BCUT2D eigenvalue weighted by atomic mass is 10.2. The van der Waals surface area contributed by atoms with E-state index in [4.69, 9.17) is 4.52 Å². The molecule has 3 rings (SSSR count). The van der Waals surface area contributed by atoms with E-state index in [9.17, 15) is 0 Å². The van der Waals surface area contributed by atoms with Gasteiger partial charge >= 0.3 is 0 Å². The highest BCUT2D eigenvalue weighted by molar-refractivity contribution is 9.11. The lowest BCUT2D eigenvalue weighted by molar-refractivity contribution is 0.190. The number of thiophene rings is 1. The molecule has 1 atom stereocenters. The van der Waals surface area contributed by atoms with E-state index in [1.807, 2.05) is 11.4 Å². The van der Waals surface area contributed by atoms with E-state index in [1.165, 1.54) is 0 Å². The summed E-state index contributed by atoms with van der Waals surface area (Å²) in [6.45, 7) is 2.87. The first-order chi connectivity index (χ1) is 8.74. The molecule has 2 aromatic rings. The molecule has 0 amide bonds. The van der Waals surface area contributed by atoms with Crippen molar-refractivity contribution in [3.05, 3.63) is 21.1 Å². The van der Waals surface area contributed by atoms with E-state index < -0.39 is 0 Å². The number of hydrogen-bond acceptors (Lipinski definition) is 6. The van der Waals surface area contributed by atoms with Crippen molar-refractivity contribution in [3.8, 4) is 11.5 Å². The average Bonchev–Trinajstić information content (AvgIpc) is 2.98. The number of hydrogen-bond donors (Lipinski definition) is 1. The minimum absolute atomic E-state index is 0. The van der Waals surface area contributed by atoms with Gasteiger partial charge in [0.25, 0.3) is 5.89 Å². The van der Waals surface area contributed by atoms with E-state index in [1.54, 1.807) is 11.3 Å². The van der Waals surface area contributed by atoms with Crippen LogP contribution in [0.5, 0.6) is 0 Å². The Labute approximate surface area is 129 Å². The van der Waals surface area contributed by atoms with Gasteiger partial charge in [-0.2, -0.15) is 4.98 Å². The van der Waals surface area contributed by atoms with Gasteiger partial charge in [-0.3, -0.25) is 4.90 Å². The molecule has 8 heteroatoms. The van der Waals surface area contributed by atoms with Gasteiger partial charge in [0.05, 0.1) is 15.4 Å². The first-order valence-corrected chi connectivity index (χ1v) is 7.40. The molecule has 0 bridgehead atoms. The van der Waals surface area contributed by atoms with E-state index in [2.05, 4.69) is 43.3 Å². The number of rotatable bonds is 2. The molecule has 0 aromatic carbocycles. The lowest BCUT2D eigenvalue weighted by Gasteiger charge is -2.30. The van der Waals surface area contributed by atoms with Gasteiger partial charge in [0.15, 0.2) is 5.82 Å². The smallest absolute Gasteiger partial charge is 0.258 e. The van der Waals surface area contributed by atoms with Crippen LogP contribution in [0.15, 0.2) is 19.8 Å². The normalized spacial score (nSPS) is 20.2. The minimum atomic E-state index is 0. The molecule has 2 aromatic heterocycles. The Hall–Kier alpha value is -0.470. The van der Waals surface area contributed by atoms with Gasteiger partial charge in [0.1, 0.15) is 0 Å². The second-order valence-electron chi connectivity index (χ2n) is 4.30. The van der Waals surface area contributed by atoms with Gasteiger partial charge < -0.3 is 9.84 Å². The molecular formula is C11H14BrClN4OS. The lowest BCUT2D eigenvalue weighted by Crippen LogP contribution is -2.44. The molecule has 0 radical (unpaired) electrons. The zero-order valence-corrected chi connectivity index (χ0v) is 13.5. The second kappa shape index (κ2) is 6.32. The van der Waals surface area contributed by atoms with Crippen molar-refractivity contribution < 1.29 is 4.52 Å². The van der Waals surface area contributed by atoms with Crippen LogP contribution in [-0.4, -0.2) is 41.7 Å². The molecule has 3 heterocycles. The van der Waals surface area contributed by atoms with Gasteiger partial charge in [-0.05, 0) is 29.0 Å². The molecule has 1 unspecified atom stereocenters. The predicted octanol–water partition coefficient (Wildman–Crippen LogP) is 2.56. The summed E-state index contributed by atoms with van der Waals surface area (Å²) in [6, 6.07) is 2.18. The molecule has 1 aliphatic rings. The van der Waals surface area contributed by atoms with Crippen molar-refractivity contribution in [2.24, 2.45) is 0 Å². The fourth-order valence-electron chi connectivity index (χ4n) is 2.00. The van der Waals surface area contributed by atoms with Crippen molar-refractivity contribution >= 4 is 39.7 Å². The predicted molar refractivity (Wildman–Crippen MR) is 80.8 cm³/mol. The van der Waals surface area contributed by atoms with Crippen LogP contribution in [0.2, 0.25) is 0 Å². The standard InChI is InChI=1S/C11H13BrN4OS.ClH/c1-16-3-2-13-5-8(16)10-14-11(17-15-10)7-4-9(12)18-6-7;/h4,6,8,13H,2-3,5H2,1H3;1H. The molecule has 104 valence electrons. The zero-order chi connectivity index (χ0) is 12.5. The summed E-state index contributed by atoms with van der Waals surface area (Å²) in [5.41, 5.74) is 0.969. The third kappa shape index (κ3) is 3.17. The molecule has 1 N–H and O–H groups in total. The van der Waals surface area contributed by atoms with E-state index in [-0.39, 0.29) is 18.4 Å². The number of aromatic nitrogens is 2. The van der Waals surface area contributed by atoms with Crippen LogP contribution < -0.4 is 5.32 Å². The molecule has 1 aliphatic heterocycles. The summed E-state index contributed by atoms with van der Waals surface area (Å²) in [5.74, 6) is 1.34. The van der Waals surface area contributed by atoms with Gasteiger partial charge in [-0.1, -0.05) is 5.16 Å². The number of piperazine rings is 1. The fraction of sp³-hybridized carbons (Fsp3) is 0.455. The molecular weight excluding hydrogens is 352 g/mol. The van der Waals surface area contributed by atoms with Gasteiger partial charge in [0, 0.05) is 25.0 Å². The monoisotopic (exact) mass is 364 g/mol. The van der Waals surface area contributed by atoms with Crippen molar-refractivity contribution in [1.82, 2.24) is 20.4 Å². The topological polar surface area (TPSA) is 54.2 Å². The summed E-state index contributed by atoms with van der Waals surface area (Å²) < 4.78 is 6.40. The second-order valence-corrected chi connectivity index (χ2v) is 6.59. The Bertz CT molecular complexity index is 546. The van der Waals surface area contributed by atoms with Crippen LogP contribution in [0.3, 0.4) is 0 Å². The first-order valence-electron chi connectivity index (χ1n) is 5.73. The van der Waals surface area contributed by atoms with Crippen LogP contribution in [0, 0.1) is 0 Å². The first kappa shape index (κ1) is 14.9. The summed E-state index contributed by atoms with van der Waals surface area (Å²) >= 11 is 5.04. The van der Waals surface area contributed by atoms with Crippen LogP contribution in [0.25, 0.3) is 11.5 Å². The molecule has 1 saturated heterocycles. The maximum atomic E-state index is 5.34. The Balaban J connectivity index is 0.00000133.